The Kier molecular flexibility index (Phi) is 4.85. The van der Waals surface area contributed by atoms with Crippen molar-refractivity contribution in [3.05, 3.63) is 52.7 Å². The summed E-state index contributed by atoms with van der Waals surface area (Å²) in [7, 11) is 0. The van der Waals surface area contributed by atoms with Crippen LogP contribution in [0.25, 0.3) is 11.3 Å². The molecule has 0 spiro atoms. The third-order valence-corrected chi connectivity index (χ3v) is 5.29. The second kappa shape index (κ2) is 7.29. The first-order valence-corrected chi connectivity index (χ1v) is 9.31. The summed E-state index contributed by atoms with van der Waals surface area (Å²) < 4.78 is 5.79. The SMILES string of the molecule is O=C(O)c1cnc(-c2cccc(C(=O)N3CCO[C@H](C4CC4)C3)c2)c(Cl)c1. The predicted octanol–water partition coefficient (Wildman–Crippen LogP) is 3.35. The monoisotopic (exact) mass is 386 g/mol. The molecule has 2 aliphatic rings. The van der Waals surface area contributed by atoms with E-state index in [0.29, 0.717) is 42.4 Å². The van der Waals surface area contributed by atoms with E-state index >= 15 is 0 Å². The Morgan fingerprint density at radius 3 is 2.74 bits per heavy atom. The summed E-state index contributed by atoms with van der Waals surface area (Å²) >= 11 is 6.21. The molecular formula is C20H19ClN2O4. The van der Waals surface area contributed by atoms with Gasteiger partial charge in [0, 0.05) is 30.4 Å². The van der Waals surface area contributed by atoms with Crippen LogP contribution in [-0.2, 0) is 4.74 Å². The van der Waals surface area contributed by atoms with Gasteiger partial charge in [-0.25, -0.2) is 4.79 Å². The summed E-state index contributed by atoms with van der Waals surface area (Å²) in [5.41, 5.74) is 1.71. The van der Waals surface area contributed by atoms with Gasteiger partial charge in [0.15, 0.2) is 0 Å². The van der Waals surface area contributed by atoms with Gasteiger partial charge >= 0.3 is 5.97 Å². The minimum atomic E-state index is -1.09. The van der Waals surface area contributed by atoms with Crippen LogP contribution in [-0.4, -0.2) is 52.7 Å². The molecule has 1 saturated carbocycles. The number of aromatic carboxylic acids is 1. The van der Waals surface area contributed by atoms with Gasteiger partial charge in [-0.2, -0.15) is 0 Å². The van der Waals surface area contributed by atoms with Gasteiger partial charge < -0.3 is 14.7 Å². The zero-order chi connectivity index (χ0) is 19.0. The predicted molar refractivity (Wildman–Crippen MR) is 100 cm³/mol. The lowest BCUT2D eigenvalue weighted by molar-refractivity contribution is -0.0313. The fourth-order valence-corrected chi connectivity index (χ4v) is 3.64. The minimum absolute atomic E-state index is 0.0235. The normalized spacial score (nSPS) is 19.7. The molecule has 1 aliphatic carbocycles. The molecule has 1 atom stereocenters. The van der Waals surface area contributed by atoms with Crippen molar-refractivity contribution in [2.75, 3.05) is 19.7 Å². The molecule has 7 heteroatoms. The number of amides is 1. The number of carbonyl (C=O) groups is 2. The van der Waals surface area contributed by atoms with Crippen LogP contribution in [0.2, 0.25) is 5.02 Å². The van der Waals surface area contributed by atoms with Crippen molar-refractivity contribution in [3.8, 4) is 11.3 Å². The molecule has 4 rings (SSSR count). The molecule has 1 aliphatic heterocycles. The molecule has 1 saturated heterocycles. The third-order valence-electron chi connectivity index (χ3n) is 5.00. The highest BCUT2D eigenvalue weighted by Gasteiger charge is 2.36. The Morgan fingerprint density at radius 2 is 2.04 bits per heavy atom. The number of aromatic nitrogens is 1. The van der Waals surface area contributed by atoms with Gasteiger partial charge in [-0.05, 0) is 37.0 Å². The van der Waals surface area contributed by atoms with Gasteiger partial charge in [0.05, 0.1) is 29.0 Å². The van der Waals surface area contributed by atoms with Gasteiger partial charge in [0.25, 0.3) is 5.91 Å². The average molecular weight is 387 g/mol. The van der Waals surface area contributed by atoms with E-state index in [0.717, 1.165) is 0 Å². The van der Waals surface area contributed by atoms with E-state index in [2.05, 4.69) is 4.98 Å². The summed E-state index contributed by atoms with van der Waals surface area (Å²) in [6.07, 6.45) is 3.77. The van der Waals surface area contributed by atoms with Crippen LogP contribution in [0.5, 0.6) is 0 Å². The second-order valence-electron chi connectivity index (χ2n) is 6.94. The van der Waals surface area contributed by atoms with E-state index < -0.39 is 5.97 Å². The lowest BCUT2D eigenvalue weighted by Crippen LogP contribution is -2.46. The highest BCUT2D eigenvalue weighted by atomic mass is 35.5. The van der Waals surface area contributed by atoms with Crippen LogP contribution in [0.3, 0.4) is 0 Å². The van der Waals surface area contributed by atoms with E-state index in [9.17, 15) is 9.59 Å². The Hall–Kier alpha value is -2.44. The van der Waals surface area contributed by atoms with Gasteiger partial charge in [0.1, 0.15) is 0 Å². The lowest BCUT2D eigenvalue weighted by Gasteiger charge is -2.33. The van der Waals surface area contributed by atoms with Crippen molar-refractivity contribution in [2.45, 2.75) is 18.9 Å². The average Bonchev–Trinajstić information content (AvgIpc) is 3.53. The number of hydrogen-bond acceptors (Lipinski definition) is 4. The molecular weight excluding hydrogens is 368 g/mol. The quantitative estimate of drug-likeness (QED) is 0.871. The number of nitrogens with zero attached hydrogens (tertiary/aromatic N) is 2. The number of halogens is 1. The van der Waals surface area contributed by atoms with Crippen molar-refractivity contribution < 1.29 is 19.4 Å². The van der Waals surface area contributed by atoms with E-state index in [1.807, 2.05) is 4.90 Å². The van der Waals surface area contributed by atoms with Crippen LogP contribution in [0.15, 0.2) is 36.5 Å². The smallest absolute Gasteiger partial charge is 0.337 e. The molecule has 2 aromatic rings. The first-order chi connectivity index (χ1) is 13.0. The summed E-state index contributed by atoms with van der Waals surface area (Å²) in [4.78, 5) is 30.0. The molecule has 140 valence electrons. The van der Waals surface area contributed by atoms with Gasteiger partial charge in [-0.3, -0.25) is 9.78 Å². The molecule has 0 radical (unpaired) electrons. The van der Waals surface area contributed by atoms with Crippen molar-refractivity contribution in [3.63, 3.8) is 0 Å². The molecule has 1 amide bonds. The molecule has 6 nitrogen and oxygen atoms in total. The van der Waals surface area contributed by atoms with E-state index in [4.69, 9.17) is 21.4 Å². The first kappa shape index (κ1) is 17.9. The summed E-state index contributed by atoms with van der Waals surface area (Å²) in [6.45, 7) is 1.77. The molecule has 2 fully saturated rings. The molecule has 1 aromatic carbocycles. The number of carbonyl (C=O) groups excluding carboxylic acids is 1. The van der Waals surface area contributed by atoms with Crippen LogP contribution >= 0.6 is 11.6 Å². The summed E-state index contributed by atoms with van der Waals surface area (Å²) in [5, 5.41) is 9.27. The lowest BCUT2D eigenvalue weighted by atomic mass is 10.1. The van der Waals surface area contributed by atoms with Gasteiger partial charge in [0.2, 0.25) is 0 Å². The zero-order valence-electron chi connectivity index (χ0n) is 14.6. The van der Waals surface area contributed by atoms with Crippen LogP contribution < -0.4 is 0 Å². The summed E-state index contributed by atoms with van der Waals surface area (Å²) in [5.74, 6) is -0.538. The van der Waals surface area contributed by atoms with Gasteiger partial charge in [-0.15, -0.1) is 0 Å². The number of carboxylic acids is 1. The van der Waals surface area contributed by atoms with Crippen molar-refractivity contribution in [1.29, 1.82) is 0 Å². The molecule has 2 heterocycles. The van der Waals surface area contributed by atoms with Crippen molar-refractivity contribution >= 4 is 23.5 Å². The van der Waals surface area contributed by atoms with Crippen LogP contribution in [0.4, 0.5) is 0 Å². The highest BCUT2D eigenvalue weighted by molar-refractivity contribution is 6.33. The number of morpholine rings is 1. The second-order valence-corrected chi connectivity index (χ2v) is 7.35. The van der Waals surface area contributed by atoms with E-state index in [-0.39, 0.29) is 22.6 Å². The number of rotatable bonds is 4. The Labute approximate surface area is 161 Å². The Balaban J connectivity index is 1.57. The minimum Gasteiger partial charge on any atom is -0.478 e. The van der Waals surface area contributed by atoms with Gasteiger partial charge in [-0.1, -0.05) is 23.7 Å². The maximum Gasteiger partial charge on any atom is 0.337 e. The van der Waals surface area contributed by atoms with E-state index in [1.54, 1.807) is 24.3 Å². The van der Waals surface area contributed by atoms with Crippen LogP contribution in [0, 0.1) is 5.92 Å². The highest BCUT2D eigenvalue weighted by Crippen LogP contribution is 2.36. The molecule has 1 N–H and O–H groups in total. The maximum absolute atomic E-state index is 12.9. The largest absolute Gasteiger partial charge is 0.478 e. The maximum atomic E-state index is 12.9. The number of benzene rings is 1. The topological polar surface area (TPSA) is 79.7 Å². The molecule has 0 bridgehead atoms. The number of carboxylic acid groups (broad SMARTS) is 1. The fourth-order valence-electron chi connectivity index (χ4n) is 3.36. The number of pyridine rings is 1. The third kappa shape index (κ3) is 3.82. The summed E-state index contributed by atoms with van der Waals surface area (Å²) in [6, 6.07) is 8.47. The zero-order valence-corrected chi connectivity index (χ0v) is 15.4. The Morgan fingerprint density at radius 1 is 1.22 bits per heavy atom. The first-order valence-electron chi connectivity index (χ1n) is 8.93. The van der Waals surface area contributed by atoms with E-state index in [1.165, 1.54) is 25.1 Å². The van der Waals surface area contributed by atoms with Crippen molar-refractivity contribution in [2.24, 2.45) is 5.92 Å². The fraction of sp³-hybridized carbons (Fsp3) is 0.350. The number of ether oxygens (including phenoxy) is 1. The van der Waals surface area contributed by atoms with Crippen LogP contribution in [0.1, 0.15) is 33.6 Å². The standard InChI is InChI=1S/C20H19ClN2O4/c21-16-9-15(20(25)26)10-22-18(16)13-2-1-3-14(8-13)19(24)23-6-7-27-17(11-23)12-4-5-12/h1-3,8-10,12,17H,4-7,11H2,(H,25,26)/t17-/m0/s1. The molecule has 1 aromatic heterocycles. The Bertz CT molecular complexity index is 897. The number of hydrogen-bond donors (Lipinski definition) is 1. The van der Waals surface area contributed by atoms with Crippen molar-refractivity contribution in [1.82, 2.24) is 9.88 Å². The molecule has 27 heavy (non-hydrogen) atoms. The molecule has 0 unspecified atom stereocenters.